The molecule has 2 rings (SSSR count). The second-order valence-corrected chi connectivity index (χ2v) is 4.81. The maximum Gasteiger partial charge on any atom is 0.165 e. The molecule has 94 valence electrons. The Bertz CT molecular complexity index is 394. The van der Waals surface area contributed by atoms with Crippen LogP contribution in [0, 0.1) is 17.7 Å². The van der Waals surface area contributed by atoms with Crippen molar-refractivity contribution in [1.29, 1.82) is 0 Å². The number of hydrogen-bond donors (Lipinski definition) is 1. The van der Waals surface area contributed by atoms with E-state index in [-0.39, 0.29) is 11.9 Å². The van der Waals surface area contributed by atoms with Crippen molar-refractivity contribution in [3.63, 3.8) is 0 Å². The second kappa shape index (κ2) is 5.05. The van der Waals surface area contributed by atoms with Crippen molar-refractivity contribution < 1.29 is 9.13 Å². The number of benzene rings is 1. The molecule has 0 bridgehead atoms. The van der Waals surface area contributed by atoms with Crippen molar-refractivity contribution in [3.8, 4) is 5.75 Å². The lowest BCUT2D eigenvalue weighted by Gasteiger charge is -2.19. The van der Waals surface area contributed by atoms with Gasteiger partial charge >= 0.3 is 0 Å². The standard InChI is InChI=1S/C14H20FNO/c1-4-16-14(11-7-9(11)2)10-5-6-13(17-3)12(15)8-10/h5-6,8-9,11,14,16H,4,7H2,1-3H3. The fourth-order valence-corrected chi connectivity index (χ4v) is 2.43. The van der Waals surface area contributed by atoms with Crippen LogP contribution >= 0.6 is 0 Å². The first kappa shape index (κ1) is 12.4. The molecule has 2 nitrogen and oxygen atoms in total. The molecule has 0 heterocycles. The van der Waals surface area contributed by atoms with E-state index in [4.69, 9.17) is 4.74 Å². The third-order valence-electron chi connectivity index (χ3n) is 3.56. The van der Waals surface area contributed by atoms with Gasteiger partial charge < -0.3 is 10.1 Å². The molecule has 1 aromatic rings. The first-order valence-corrected chi connectivity index (χ1v) is 6.24. The zero-order valence-electron chi connectivity index (χ0n) is 10.7. The molecular weight excluding hydrogens is 217 g/mol. The summed E-state index contributed by atoms with van der Waals surface area (Å²) in [6.45, 7) is 5.23. The summed E-state index contributed by atoms with van der Waals surface area (Å²) in [4.78, 5) is 0. The van der Waals surface area contributed by atoms with Gasteiger partial charge in [-0.05, 0) is 42.5 Å². The molecule has 0 aliphatic heterocycles. The summed E-state index contributed by atoms with van der Waals surface area (Å²) in [6, 6.07) is 5.54. The van der Waals surface area contributed by atoms with E-state index in [1.165, 1.54) is 13.5 Å². The predicted octanol–water partition coefficient (Wildman–Crippen LogP) is 3.14. The van der Waals surface area contributed by atoms with Crippen LogP contribution in [0.2, 0.25) is 0 Å². The fourth-order valence-electron chi connectivity index (χ4n) is 2.43. The van der Waals surface area contributed by atoms with Gasteiger partial charge in [0.05, 0.1) is 7.11 Å². The van der Waals surface area contributed by atoms with Gasteiger partial charge in [-0.3, -0.25) is 0 Å². The summed E-state index contributed by atoms with van der Waals surface area (Å²) in [6.07, 6.45) is 1.23. The molecule has 0 radical (unpaired) electrons. The number of halogens is 1. The average molecular weight is 237 g/mol. The van der Waals surface area contributed by atoms with Gasteiger partial charge in [0.25, 0.3) is 0 Å². The summed E-state index contributed by atoms with van der Waals surface area (Å²) in [5.74, 6) is 1.42. The van der Waals surface area contributed by atoms with Crippen molar-refractivity contribution in [3.05, 3.63) is 29.6 Å². The number of ether oxygens (including phenoxy) is 1. The van der Waals surface area contributed by atoms with Crippen molar-refractivity contribution in [2.45, 2.75) is 26.3 Å². The SMILES string of the molecule is CCNC(c1ccc(OC)c(F)c1)C1CC1C. The Balaban J connectivity index is 2.20. The van der Waals surface area contributed by atoms with Gasteiger partial charge in [-0.1, -0.05) is 19.9 Å². The molecule has 0 saturated heterocycles. The molecule has 3 heteroatoms. The van der Waals surface area contributed by atoms with Crippen LogP contribution in [0.15, 0.2) is 18.2 Å². The summed E-state index contributed by atoms with van der Waals surface area (Å²) >= 11 is 0. The molecule has 0 spiro atoms. The van der Waals surface area contributed by atoms with Gasteiger partial charge in [-0.15, -0.1) is 0 Å². The quantitative estimate of drug-likeness (QED) is 0.849. The van der Waals surface area contributed by atoms with Gasteiger partial charge in [0.1, 0.15) is 0 Å². The van der Waals surface area contributed by atoms with E-state index >= 15 is 0 Å². The van der Waals surface area contributed by atoms with Crippen LogP contribution in [0.3, 0.4) is 0 Å². The highest BCUT2D eigenvalue weighted by atomic mass is 19.1. The number of nitrogens with one attached hydrogen (secondary N) is 1. The smallest absolute Gasteiger partial charge is 0.165 e. The molecule has 0 amide bonds. The largest absolute Gasteiger partial charge is 0.494 e. The van der Waals surface area contributed by atoms with E-state index in [0.29, 0.717) is 11.7 Å². The molecular formula is C14H20FNO. The first-order valence-electron chi connectivity index (χ1n) is 6.24. The lowest BCUT2D eigenvalue weighted by Crippen LogP contribution is -2.23. The highest BCUT2D eigenvalue weighted by Gasteiger charge is 2.39. The van der Waals surface area contributed by atoms with Gasteiger partial charge in [-0.25, -0.2) is 4.39 Å². The molecule has 17 heavy (non-hydrogen) atoms. The Labute approximate surface area is 102 Å². The third kappa shape index (κ3) is 2.60. The Kier molecular flexibility index (Phi) is 3.67. The van der Waals surface area contributed by atoms with Crippen molar-refractivity contribution in [1.82, 2.24) is 5.32 Å². The second-order valence-electron chi connectivity index (χ2n) is 4.81. The molecule has 1 N–H and O–H groups in total. The molecule has 3 unspecified atom stereocenters. The Hall–Kier alpha value is -1.09. The number of methoxy groups -OCH3 is 1. The van der Waals surface area contributed by atoms with Gasteiger partial charge in [0.2, 0.25) is 0 Å². The van der Waals surface area contributed by atoms with E-state index in [1.54, 1.807) is 12.1 Å². The highest BCUT2D eigenvalue weighted by molar-refractivity contribution is 5.32. The van der Waals surface area contributed by atoms with E-state index in [1.807, 2.05) is 6.07 Å². The highest BCUT2D eigenvalue weighted by Crippen LogP contribution is 2.47. The molecule has 1 aliphatic rings. The Morgan fingerprint density at radius 1 is 1.53 bits per heavy atom. The topological polar surface area (TPSA) is 21.3 Å². The van der Waals surface area contributed by atoms with E-state index in [0.717, 1.165) is 18.0 Å². The maximum atomic E-state index is 13.7. The molecule has 1 aliphatic carbocycles. The molecule has 1 saturated carbocycles. The van der Waals surface area contributed by atoms with Crippen molar-refractivity contribution in [2.24, 2.45) is 11.8 Å². The van der Waals surface area contributed by atoms with Crippen LogP contribution < -0.4 is 10.1 Å². The Morgan fingerprint density at radius 3 is 2.71 bits per heavy atom. The van der Waals surface area contributed by atoms with Crippen molar-refractivity contribution >= 4 is 0 Å². The molecule has 3 atom stereocenters. The minimum absolute atomic E-state index is 0.274. The van der Waals surface area contributed by atoms with Crippen LogP contribution in [0.5, 0.6) is 5.75 Å². The molecule has 0 aromatic heterocycles. The van der Waals surface area contributed by atoms with E-state index in [9.17, 15) is 4.39 Å². The van der Waals surface area contributed by atoms with Crippen LogP contribution in [0.1, 0.15) is 31.9 Å². The summed E-state index contributed by atoms with van der Waals surface area (Å²) in [5, 5.41) is 3.45. The molecule has 1 fully saturated rings. The maximum absolute atomic E-state index is 13.7. The first-order chi connectivity index (χ1) is 8.17. The van der Waals surface area contributed by atoms with Gasteiger partial charge in [-0.2, -0.15) is 0 Å². The van der Waals surface area contributed by atoms with E-state index in [2.05, 4.69) is 19.2 Å². The number of rotatable bonds is 5. The normalized spacial score (nSPS) is 24.5. The number of hydrogen-bond acceptors (Lipinski definition) is 2. The Morgan fingerprint density at radius 2 is 2.24 bits per heavy atom. The zero-order chi connectivity index (χ0) is 12.4. The summed E-state index contributed by atoms with van der Waals surface area (Å²) < 4.78 is 18.6. The molecule has 1 aromatic carbocycles. The summed E-state index contributed by atoms with van der Waals surface area (Å²) in [7, 11) is 1.49. The lowest BCUT2D eigenvalue weighted by molar-refractivity contribution is 0.384. The zero-order valence-corrected chi connectivity index (χ0v) is 10.7. The monoisotopic (exact) mass is 237 g/mol. The van der Waals surface area contributed by atoms with Crippen LogP contribution in [0.4, 0.5) is 4.39 Å². The lowest BCUT2D eigenvalue weighted by atomic mass is 10.0. The van der Waals surface area contributed by atoms with Gasteiger partial charge in [0.15, 0.2) is 11.6 Å². The van der Waals surface area contributed by atoms with Crippen LogP contribution in [-0.4, -0.2) is 13.7 Å². The predicted molar refractivity (Wildman–Crippen MR) is 66.6 cm³/mol. The van der Waals surface area contributed by atoms with Crippen LogP contribution in [-0.2, 0) is 0 Å². The average Bonchev–Trinajstić information content (AvgIpc) is 3.03. The summed E-state index contributed by atoms with van der Waals surface area (Å²) in [5.41, 5.74) is 1.03. The minimum atomic E-state index is -0.277. The van der Waals surface area contributed by atoms with Gasteiger partial charge in [0, 0.05) is 6.04 Å². The fraction of sp³-hybridized carbons (Fsp3) is 0.571. The minimum Gasteiger partial charge on any atom is -0.494 e. The van der Waals surface area contributed by atoms with Crippen molar-refractivity contribution in [2.75, 3.05) is 13.7 Å². The third-order valence-corrected chi connectivity index (χ3v) is 3.56. The van der Waals surface area contributed by atoms with Crippen LogP contribution in [0.25, 0.3) is 0 Å². The van der Waals surface area contributed by atoms with E-state index < -0.39 is 0 Å².